The average Bonchev–Trinajstić information content (AvgIpc) is 3.54. The van der Waals surface area contributed by atoms with E-state index < -0.39 is 23.5 Å². The van der Waals surface area contributed by atoms with Gasteiger partial charge in [-0.25, -0.2) is 4.98 Å². The number of nitrogens with zero attached hydrogens (tertiary/aromatic N) is 2. The third-order valence-corrected chi connectivity index (χ3v) is 7.57. The van der Waals surface area contributed by atoms with Gasteiger partial charge in [0.05, 0.1) is 21.8 Å². The monoisotopic (exact) mass is 514 g/mol. The smallest absolute Gasteiger partial charge is 0.296 e. The number of ketones is 1. The van der Waals surface area contributed by atoms with E-state index in [4.69, 9.17) is 21.0 Å². The summed E-state index contributed by atoms with van der Waals surface area (Å²) in [5.74, 6) is -1.83. The van der Waals surface area contributed by atoms with E-state index in [1.54, 1.807) is 36.4 Å². The number of rotatable bonds is 4. The summed E-state index contributed by atoms with van der Waals surface area (Å²) in [5, 5.41) is 12.7. The predicted octanol–water partition coefficient (Wildman–Crippen LogP) is 7.10. The largest absolute Gasteiger partial charge is 0.503 e. The highest BCUT2D eigenvalue weighted by Gasteiger charge is 2.46. The van der Waals surface area contributed by atoms with Crippen molar-refractivity contribution in [2.45, 2.75) is 19.9 Å². The molecule has 5 aromatic rings. The first-order valence-electron chi connectivity index (χ1n) is 11.2. The molecule has 1 atom stereocenters. The molecule has 0 saturated heterocycles. The lowest BCUT2D eigenvalue weighted by molar-refractivity contribution is -0.117. The highest BCUT2D eigenvalue weighted by molar-refractivity contribution is 7.22. The fraction of sp³-hybridized carbons (Fsp3) is 0.107. The van der Waals surface area contributed by atoms with E-state index in [1.165, 1.54) is 16.2 Å². The van der Waals surface area contributed by atoms with Crippen LogP contribution >= 0.6 is 22.9 Å². The second-order valence-corrected chi connectivity index (χ2v) is 10.2. The van der Waals surface area contributed by atoms with Crippen LogP contribution in [0.3, 0.4) is 0 Å². The Kier molecular flexibility index (Phi) is 5.21. The molecule has 6 rings (SSSR count). The lowest BCUT2D eigenvalue weighted by Gasteiger charge is -2.24. The highest BCUT2D eigenvalue weighted by Crippen LogP contribution is 2.45. The van der Waals surface area contributed by atoms with Gasteiger partial charge in [0.2, 0.25) is 5.78 Å². The zero-order chi connectivity index (χ0) is 25.1. The van der Waals surface area contributed by atoms with Gasteiger partial charge in [0.15, 0.2) is 16.7 Å². The molecule has 178 valence electrons. The van der Waals surface area contributed by atoms with Crippen LogP contribution in [0, 0.1) is 13.8 Å². The number of halogens is 1. The molecule has 0 radical (unpaired) electrons. The van der Waals surface area contributed by atoms with Gasteiger partial charge in [0.1, 0.15) is 5.58 Å². The Balaban J connectivity index is 1.52. The van der Waals surface area contributed by atoms with Gasteiger partial charge in [-0.05, 0) is 60.9 Å². The van der Waals surface area contributed by atoms with Crippen molar-refractivity contribution in [1.29, 1.82) is 0 Å². The minimum absolute atomic E-state index is 0.0436. The Bertz CT molecular complexity index is 1700. The van der Waals surface area contributed by atoms with Gasteiger partial charge in [-0.15, -0.1) is 0 Å². The van der Waals surface area contributed by atoms with E-state index in [0.717, 1.165) is 26.7 Å². The molecule has 2 aromatic heterocycles. The molecule has 1 N–H and O–H groups in total. The maximum atomic E-state index is 13.7. The molecule has 3 aromatic carbocycles. The van der Waals surface area contributed by atoms with Crippen molar-refractivity contribution in [1.82, 2.24) is 4.98 Å². The van der Waals surface area contributed by atoms with Gasteiger partial charge in [-0.3, -0.25) is 14.5 Å². The van der Waals surface area contributed by atoms with Crippen LogP contribution in [-0.4, -0.2) is 21.8 Å². The second-order valence-electron chi connectivity index (χ2n) is 8.79. The van der Waals surface area contributed by atoms with E-state index >= 15 is 0 Å². The Labute approximate surface area is 215 Å². The van der Waals surface area contributed by atoms with Crippen LogP contribution in [0.4, 0.5) is 5.13 Å². The number of aliphatic hydroxyl groups excluding tert-OH is 1. The fourth-order valence-electron chi connectivity index (χ4n) is 4.68. The normalized spacial score (nSPS) is 16.0. The number of hydrogen-bond acceptors (Lipinski definition) is 6. The lowest BCUT2D eigenvalue weighted by Crippen LogP contribution is -2.30. The minimum atomic E-state index is -0.905. The molecule has 1 amide bonds. The molecule has 0 aliphatic carbocycles. The maximum absolute atomic E-state index is 13.7. The molecule has 0 unspecified atom stereocenters. The fourth-order valence-corrected chi connectivity index (χ4v) is 5.98. The summed E-state index contributed by atoms with van der Waals surface area (Å²) in [6, 6.07) is 18.8. The van der Waals surface area contributed by atoms with Crippen LogP contribution in [0.25, 0.3) is 21.2 Å². The minimum Gasteiger partial charge on any atom is -0.503 e. The molecule has 0 saturated carbocycles. The summed E-state index contributed by atoms with van der Waals surface area (Å²) >= 11 is 7.46. The Hall–Kier alpha value is -3.94. The molecule has 1 aliphatic rings. The van der Waals surface area contributed by atoms with E-state index in [2.05, 4.69) is 0 Å². The van der Waals surface area contributed by atoms with Crippen LogP contribution in [-0.2, 0) is 4.79 Å². The summed E-state index contributed by atoms with van der Waals surface area (Å²) in [5.41, 5.74) is 3.94. The first-order valence-corrected chi connectivity index (χ1v) is 12.4. The van der Waals surface area contributed by atoms with Crippen molar-refractivity contribution >= 4 is 60.9 Å². The summed E-state index contributed by atoms with van der Waals surface area (Å²) in [7, 11) is 0. The van der Waals surface area contributed by atoms with Gasteiger partial charge in [0, 0.05) is 10.4 Å². The zero-order valence-electron chi connectivity index (χ0n) is 19.3. The van der Waals surface area contributed by atoms with E-state index in [9.17, 15) is 14.7 Å². The molecule has 1 aliphatic heterocycles. The number of aromatic nitrogens is 1. The molecule has 0 bridgehead atoms. The van der Waals surface area contributed by atoms with E-state index in [-0.39, 0.29) is 11.3 Å². The van der Waals surface area contributed by atoms with Crippen molar-refractivity contribution in [3.05, 3.63) is 106 Å². The SMILES string of the molecule is Cc1cc(C)c2nc(N3C(=O)C(O)=C(C(=O)c4cc5ccccc5o4)[C@H]3c3ccc(Cl)cc3)sc2c1. The third-order valence-electron chi connectivity index (χ3n) is 6.31. The topological polar surface area (TPSA) is 83.6 Å². The lowest BCUT2D eigenvalue weighted by atomic mass is 9.95. The number of carbonyl (C=O) groups is 2. The van der Waals surface area contributed by atoms with Gasteiger partial charge in [-0.2, -0.15) is 0 Å². The Morgan fingerprint density at radius 1 is 1.08 bits per heavy atom. The molecule has 6 nitrogen and oxygen atoms in total. The number of anilines is 1. The molecule has 0 fully saturated rings. The zero-order valence-corrected chi connectivity index (χ0v) is 20.9. The van der Waals surface area contributed by atoms with Crippen molar-refractivity contribution in [3.63, 3.8) is 0 Å². The van der Waals surface area contributed by atoms with Gasteiger partial charge < -0.3 is 9.52 Å². The number of thiazole rings is 1. The van der Waals surface area contributed by atoms with Gasteiger partial charge in [-0.1, -0.05) is 59.3 Å². The van der Waals surface area contributed by atoms with Gasteiger partial charge in [0.25, 0.3) is 5.91 Å². The number of fused-ring (bicyclic) bond motifs is 2. The van der Waals surface area contributed by atoms with Crippen molar-refractivity contribution < 1.29 is 19.1 Å². The number of aryl methyl sites for hydroxylation is 2. The summed E-state index contributed by atoms with van der Waals surface area (Å²) in [4.78, 5) is 33.3. The number of Topliss-reactive ketones (excluding diaryl/α,β-unsaturated/α-hetero) is 1. The van der Waals surface area contributed by atoms with Crippen molar-refractivity contribution in [2.24, 2.45) is 0 Å². The quantitative estimate of drug-likeness (QED) is 0.259. The molecule has 8 heteroatoms. The third kappa shape index (κ3) is 3.51. The number of furan rings is 1. The van der Waals surface area contributed by atoms with Crippen LogP contribution < -0.4 is 4.90 Å². The van der Waals surface area contributed by atoms with E-state index in [0.29, 0.717) is 21.3 Å². The summed E-state index contributed by atoms with van der Waals surface area (Å²) in [6.07, 6.45) is 0. The Morgan fingerprint density at radius 2 is 1.83 bits per heavy atom. The molecular formula is C28H19ClN2O4S. The number of amides is 1. The van der Waals surface area contributed by atoms with Crippen LogP contribution in [0.2, 0.25) is 5.02 Å². The second kappa shape index (κ2) is 8.33. The molecule has 0 spiro atoms. The van der Waals surface area contributed by atoms with E-state index in [1.807, 2.05) is 44.2 Å². The van der Waals surface area contributed by atoms with Crippen molar-refractivity contribution in [2.75, 3.05) is 4.90 Å². The van der Waals surface area contributed by atoms with Crippen LogP contribution in [0.1, 0.15) is 33.3 Å². The molecular weight excluding hydrogens is 496 g/mol. The van der Waals surface area contributed by atoms with Crippen LogP contribution in [0.15, 0.2) is 82.5 Å². The van der Waals surface area contributed by atoms with Gasteiger partial charge >= 0.3 is 0 Å². The molecule has 36 heavy (non-hydrogen) atoms. The van der Waals surface area contributed by atoms with Crippen molar-refractivity contribution in [3.8, 4) is 0 Å². The standard InChI is InChI=1S/C28H19ClN2O4S/c1-14-11-15(2)23-21(12-14)36-28(30-23)31-24(16-7-9-18(29)10-8-16)22(26(33)27(31)34)25(32)20-13-17-5-3-4-6-19(17)35-20/h3-13,24,33H,1-2H3/t24-/m1/s1. The summed E-state index contributed by atoms with van der Waals surface area (Å²) in [6.45, 7) is 3.97. The predicted molar refractivity (Wildman–Crippen MR) is 141 cm³/mol. The number of benzene rings is 3. The maximum Gasteiger partial charge on any atom is 0.296 e. The number of carbonyl (C=O) groups excluding carboxylic acids is 2. The first-order chi connectivity index (χ1) is 17.3. The molecule has 3 heterocycles. The summed E-state index contributed by atoms with van der Waals surface area (Å²) < 4.78 is 6.71. The number of hydrogen-bond donors (Lipinski definition) is 1. The average molecular weight is 515 g/mol. The Morgan fingerprint density at radius 3 is 2.58 bits per heavy atom. The van der Waals surface area contributed by atoms with Crippen LogP contribution in [0.5, 0.6) is 0 Å². The highest BCUT2D eigenvalue weighted by atomic mass is 35.5. The number of para-hydroxylation sites is 1. The number of aliphatic hydroxyl groups is 1. The first kappa shape index (κ1) is 22.5.